The summed E-state index contributed by atoms with van der Waals surface area (Å²) < 4.78 is 89.5. The topological polar surface area (TPSA) is 99.1 Å². The second-order valence-corrected chi connectivity index (χ2v) is 14.8. The van der Waals surface area contributed by atoms with Crippen LogP contribution in [0.4, 0.5) is 42.8 Å². The molecule has 288 valence electrons. The van der Waals surface area contributed by atoms with E-state index in [9.17, 15) is 41.0 Å². The molecule has 2 aliphatic rings. The van der Waals surface area contributed by atoms with E-state index in [0.29, 0.717) is 57.3 Å². The number of carboxylic acids is 1. The van der Waals surface area contributed by atoms with Crippen LogP contribution >= 0.6 is 0 Å². The number of amides is 1. The molecule has 0 spiro atoms. The molecule has 3 aromatic rings. The molecule has 0 aliphatic carbocycles. The zero-order chi connectivity index (χ0) is 38.7. The summed E-state index contributed by atoms with van der Waals surface area (Å²) in [6.45, 7) is 7.76. The summed E-state index contributed by atoms with van der Waals surface area (Å²) in [7, 11) is 0. The lowest BCUT2D eigenvalue weighted by Crippen LogP contribution is -2.58. The molecule has 53 heavy (non-hydrogen) atoms. The maximum atomic E-state index is 13.9. The molecule has 9 nitrogen and oxygen atoms in total. The number of carbonyl (C=O) groups excluding carboxylic acids is 1. The highest BCUT2D eigenvalue weighted by molar-refractivity contribution is 5.70. The molecule has 1 amide bonds. The number of ether oxygens (including phenoxy) is 1. The van der Waals surface area contributed by atoms with Crippen molar-refractivity contribution in [3.05, 3.63) is 83.2 Å². The van der Waals surface area contributed by atoms with Crippen LogP contribution in [0.2, 0.25) is 0 Å². The lowest BCUT2D eigenvalue weighted by Gasteiger charge is -2.48. The molecule has 3 atom stereocenters. The van der Waals surface area contributed by atoms with Crippen LogP contribution in [0, 0.1) is 5.92 Å². The smallest absolute Gasteiger partial charge is 0.416 e. The van der Waals surface area contributed by atoms with Crippen LogP contribution in [0.3, 0.4) is 0 Å². The lowest BCUT2D eigenvalue weighted by molar-refractivity contribution is -0.144. The van der Waals surface area contributed by atoms with E-state index >= 15 is 0 Å². The SMILES string of the molecule is CC[C@@H]1C[C@H](N(Cc2cc(C(F)(F)F)cc(C(F)(F)F)c2)c2ncc(N3CCC(C(=O)O)CC3)cn2)C[C@H](Cc2ccccc2)N1C(=O)OC(C)(C)C. The van der Waals surface area contributed by atoms with Gasteiger partial charge in [-0.25, -0.2) is 14.8 Å². The summed E-state index contributed by atoms with van der Waals surface area (Å²) in [4.78, 5) is 39.7. The lowest BCUT2D eigenvalue weighted by atomic mass is 9.86. The molecule has 2 aliphatic heterocycles. The zero-order valence-electron chi connectivity index (χ0n) is 30.1. The Labute approximate surface area is 305 Å². The number of hydrogen-bond donors (Lipinski definition) is 1. The molecule has 2 saturated heterocycles. The zero-order valence-corrected chi connectivity index (χ0v) is 30.1. The van der Waals surface area contributed by atoms with Gasteiger partial charge >= 0.3 is 24.4 Å². The Kier molecular flexibility index (Phi) is 11.8. The van der Waals surface area contributed by atoms with Gasteiger partial charge in [0.05, 0.1) is 35.1 Å². The second kappa shape index (κ2) is 15.8. The molecule has 1 aromatic heterocycles. The number of aliphatic carboxylic acids is 1. The normalized spacial score (nSPS) is 20.3. The van der Waals surface area contributed by atoms with E-state index < -0.39 is 59.1 Å². The third-order valence-electron chi connectivity index (χ3n) is 9.80. The molecule has 0 unspecified atom stereocenters. The highest BCUT2D eigenvalue weighted by atomic mass is 19.4. The van der Waals surface area contributed by atoms with Gasteiger partial charge in [0.15, 0.2) is 0 Å². The first-order chi connectivity index (χ1) is 24.8. The number of rotatable bonds is 9. The third-order valence-corrected chi connectivity index (χ3v) is 9.80. The number of alkyl halides is 6. The van der Waals surface area contributed by atoms with Gasteiger partial charge in [-0.15, -0.1) is 0 Å². The van der Waals surface area contributed by atoms with Crippen LogP contribution in [-0.4, -0.2) is 68.9 Å². The maximum absolute atomic E-state index is 13.9. The second-order valence-electron chi connectivity index (χ2n) is 14.8. The number of carbonyl (C=O) groups is 2. The van der Waals surface area contributed by atoms with Crippen molar-refractivity contribution in [2.75, 3.05) is 22.9 Å². The summed E-state index contributed by atoms with van der Waals surface area (Å²) in [6.07, 6.45) is -5.08. The predicted octanol–water partition coefficient (Wildman–Crippen LogP) is 8.61. The quantitative estimate of drug-likeness (QED) is 0.217. The van der Waals surface area contributed by atoms with Gasteiger partial charge in [0, 0.05) is 37.8 Å². The first kappa shape index (κ1) is 39.6. The molecule has 5 rings (SSSR count). The Balaban J connectivity index is 1.55. The first-order valence-corrected chi connectivity index (χ1v) is 17.7. The minimum absolute atomic E-state index is 0.101. The van der Waals surface area contributed by atoms with Crippen molar-refractivity contribution in [3.63, 3.8) is 0 Å². The van der Waals surface area contributed by atoms with Crippen molar-refractivity contribution in [1.82, 2.24) is 14.9 Å². The summed E-state index contributed by atoms with van der Waals surface area (Å²) >= 11 is 0. The van der Waals surface area contributed by atoms with Gasteiger partial charge in [0.25, 0.3) is 0 Å². The summed E-state index contributed by atoms with van der Waals surface area (Å²) in [5.74, 6) is -1.22. The number of anilines is 2. The summed E-state index contributed by atoms with van der Waals surface area (Å²) in [5.41, 5.74) is -2.30. The number of hydrogen-bond acceptors (Lipinski definition) is 7. The maximum Gasteiger partial charge on any atom is 0.416 e. The average molecular weight is 750 g/mol. The molecule has 3 heterocycles. The predicted molar refractivity (Wildman–Crippen MR) is 186 cm³/mol. The Bertz CT molecular complexity index is 1670. The molecule has 2 aromatic carbocycles. The standard InChI is InChI=1S/C38H45F6N5O4/c1-5-29-19-30(20-31(17-24-9-7-6-8-10-24)49(29)35(52)53-36(2,3)4)48(23-25-15-27(37(39,40)41)18-28(16-25)38(42,43)44)34-45-21-32(22-46-34)47-13-11-26(12-14-47)33(50)51/h6-10,15-16,18,21-22,26,29-31H,5,11-14,17,19-20,23H2,1-4H3,(H,50,51)/t29-,30+,31+/m1/s1. The van der Waals surface area contributed by atoms with Gasteiger partial charge in [0.2, 0.25) is 5.95 Å². The van der Waals surface area contributed by atoms with Gasteiger partial charge in [-0.3, -0.25) is 4.79 Å². The van der Waals surface area contributed by atoms with Gasteiger partial charge < -0.3 is 24.5 Å². The summed E-state index contributed by atoms with van der Waals surface area (Å²) in [6, 6.07) is 9.69. The van der Waals surface area contributed by atoms with E-state index in [0.717, 1.165) is 17.7 Å². The minimum atomic E-state index is -5.03. The molecular formula is C38H45F6N5O4. The Hall–Kier alpha value is -4.56. The van der Waals surface area contributed by atoms with Crippen molar-refractivity contribution in [3.8, 4) is 0 Å². The van der Waals surface area contributed by atoms with E-state index in [2.05, 4.69) is 9.97 Å². The van der Waals surface area contributed by atoms with E-state index in [4.69, 9.17) is 4.74 Å². The molecule has 1 N–H and O–H groups in total. The van der Waals surface area contributed by atoms with Crippen LogP contribution in [0.15, 0.2) is 60.9 Å². The van der Waals surface area contributed by atoms with Crippen molar-refractivity contribution >= 4 is 23.7 Å². The van der Waals surface area contributed by atoms with Crippen LogP contribution in [-0.2, 0) is 34.8 Å². The van der Waals surface area contributed by atoms with Gasteiger partial charge in [0.1, 0.15) is 5.60 Å². The number of carboxylic acid groups (broad SMARTS) is 1. The van der Waals surface area contributed by atoms with E-state index in [1.165, 1.54) is 12.4 Å². The number of likely N-dealkylation sites (tertiary alicyclic amines) is 1. The number of aromatic nitrogens is 2. The average Bonchev–Trinajstić information content (AvgIpc) is 3.09. The van der Waals surface area contributed by atoms with E-state index in [1.54, 1.807) is 30.6 Å². The fourth-order valence-electron chi connectivity index (χ4n) is 7.23. The van der Waals surface area contributed by atoms with Crippen LogP contribution < -0.4 is 9.80 Å². The highest BCUT2D eigenvalue weighted by Crippen LogP contribution is 2.39. The molecule has 0 radical (unpaired) electrons. The number of nitrogens with zero attached hydrogens (tertiary/aromatic N) is 5. The number of benzene rings is 2. The van der Waals surface area contributed by atoms with E-state index in [1.807, 2.05) is 42.2 Å². The number of piperidine rings is 2. The van der Waals surface area contributed by atoms with Crippen LogP contribution in [0.25, 0.3) is 0 Å². The minimum Gasteiger partial charge on any atom is -0.481 e. The van der Waals surface area contributed by atoms with Crippen molar-refractivity contribution in [2.24, 2.45) is 5.92 Å². The van der Waals surface area contributed by atoms with Gasteiger partial charge in [-0.05, 0) is 88.6 Å². The fraction of sp³-hybridized carbons (Fsp3) is 0.526. The molecule has 0 saturated carbocycles. The van der Waals surface area contributed by atoms with Crippen LogP contribution in [0.5, 0.6) is 0 Å². The molecule has 2 fully saturated rings. The number of halogens is 6. The monoisotopic (exact) mass is 749 g/mol. The summed E-state index contributed by atoms with van der Waals surface area (Å²) in [5, 5.41) is 9.39. The Morgan fingerprint density at radius 2 is 1.43 bits per heavy atom. The Morgan fingerprint density at radius 1 is 0.868 bits per heavy atom. The van der Waals surface area contributed by atoms with Gasteiger partial charge in [-0.2, -0.15) is 26.3 Å². The highest BCUT2D eigenvalue weighted by Gasteiger charge is 2.43. The first-order valence-electron chi connectivity index (χ1n) is 17.7. The van der Waals surface area contributed by atoms with Crippen LogP contribution in [0.1, 0.15) is 82.1 Å². The largest absolute Gasteiger partial charge is 0.481 e. The third kappa shape index (κ3) is 10.1. The molecular weight excluding hydrogens is 704 g/mol. The molecule has 0 bridgehead atoms. The van der Waals surface area contributed by atoms with Crippen molar-refractivity contribution in [2.45, 2.75) is 109 Å². The van der Waals surface area contributed by atoms with Crippen molar-refractivity contribution in [1.29, 1.82) is 0 Å². The fourth-order valence-corrected chi connectivity index (χ4v) is 7.23. The van der Waals surface area contributed by atoms with E-state index in [-0.39, 0.29) is 30.2 Å². The Morgan fingerprint density at radius 3 is 1.94 bits per heavy atom. The molecule has 15 heteroatoms. The van der Waals surface area contributed by atoms with Gasteiger partial charge in [-0.1, -0.05) is 37.3 Å². The van der Waals surface area contributed by atoms with Crippen molar-refractivity contribution < 1.29 is 45.8 Å².